The van der Waals surface area contributed by atoms with Gasteiger partial charge in [0.25, 0.3) is 10.0 Å². The minimum atomic E-state index is -4.20. The van der Waals surface area contributed by atoms with Crippen molar-refractivity contribution in [1.82, 2.24) is 10.2 Å². The first kappa shape index (κ1) is 30.4. The van der Waals surface area contributed by atoms with Crippen LogP contribution in [0.1, 0.15) is 44.6 Å². The Hall–Kier alpha value is -3.56. The summed E-state index contributed by atoms with van der Waals surface area (Å²) in [5, 5.41) is 3.44. The molecule has 0 bridgehead atoms. The molecule has 41 heavy (non-hydrogen) atoms. The normalized spacial score (nSPS) is 14.3. The molecule has 0 spiro atoms. The lowest BCUT2D eigenvalue weighted by atomic mass is 10.1. The predicted octanol–water partition coefficient (Wildman–Crippen LogP) is 5.41. The molecule has 1 aliphatic carbocycles. The third-order valence-corrected chi connectivity index (χ3v) is 9.33. The van der Waals surface area contributed by atoms with Crippen LogP contribution < -0.4 is 14.4 Å². The number of ether oxygens (including phenoxy) is 1. The summed E-state index contributed by atoms with van der Waals surface area (Å²) in [5.41, 5.74) is 1.07. The monoisotopic (exact) mass is 597 g/mol. The van der Waals surface area contributed by atoms with Gasteiger partial charge in [0, 0.05) is 17.6 Å². The number of nitrogens with one attached hydrogen (secondary N) is 1. The van der Waals surface area contributed by atoms with Crippen LogP contribution in [0.25, 0.3) is 0 Å². The number of sulfonamides is 1. The molecule has 0 aromatic heterocycles. The van der Waals surface area contributed by atoms with Crippen LogP contribution in [-0.2, 0) is 26.2 Å². The Morgan fingerprint density at radius 1 is 1.00 bits per heavy atom. The van der Waals surface area contributed by atoms with E-state index < -0.39 is 28.5 Å². The molecule has 8 nitrogen and oxygen atoms in total. The number of methoxy groups -OCH3 is 1. The van der Waals surface area contributed by atoms with E-state index in [1.54, 1.807) is 30.3 Å². The molecular weight excluding hydrogens is 562 g/mol. The van der Waals surface area contributed by atoms with E-state index in [0.717, 1.165) is 35.6 Å². The van der Waals surface area contributed by atoms with Gasteiger partial charge in [-0.1, -0.05) is 67.8 Å². The second kappa shape index (κ2) is 13.9. The average molecular weight is 598 g/mol. The van der Waals surface area contributed by atoms with Crippen molar-refractivity contribution < 1.29 is 22.7 Å². The van der Waals surface area contributed by atoms with E-state index in [0.29, 0.717) is 17.2 Å². The number of anilines is 1. The van der Waals surface area contributed by atoms with Gasteiger partial charge in [-0.2, -0.15) is 0 Å². The molecule has 2 amide bonds. The van der Waals surface area contributed by atoms with Gasteiger partial charge < -0.3 is 15.0 Å². The van der Waals surface area contributed by atoms with Gasteiger partial charge in [0.2, 0.25) is 11.8 Å². The molecule has 0 heterocycles. The largest absolute Gasteiger partial charge is 0.497 e. The molecule has 0 unspecified atom stereocenters. The molecule has 218 valence electrons. The molecule has 0 radical (unpaired) electrons. The highest BCUT2D eigenvalue weighted by atomic mass is 35.5. The SMILES string of the molecule is CC[C@@H](C(=O)NC1CCCC1)N(Cc1ccccc1)C(=O)CN(c1cccc(Cl)c1)S(=O)(=O)c1ccc(OC)cc1. The minimum Gasteiger partial charge on any atom is -0.497 e. The van der Waals surface area contributed by atoms with Crippen LogP contribution in [0.15, 0.2) is 83.8 Å². The molecular formula is C31H36ClN3O5S. The molecule has 1 fully saturated rings. The molecule has 1 saturated carbocycles. The van der Waals surface area contributed by atoms with Crippen LogP contribution >= 0.6 is 11.6 Å². The lowest BCUT2D eigenvalue weighted by molar-refractivity contribution is -0.140. The Labute approximate surface area is 247 Å². The summed E-state index contributed by atoms with van der Waals surface area (Å²) in [6.45, 7) is 1.49. The number of nitrogens with zero attached hydrogens (tertiary/aromatic N) is 2. The smallest absolute Gasteiger partial charge is 0.264 e. The molecule has 3 aromatic carbocycles. The fourth-order valence-electron chi connectivity index (χ4n) is 5.10. The number of amides is 2. The van der Waals surface area contributed by atoms with E-state index in [1.165, 1.54) is 30.2 Å². The Morgan fingerprint density at radius 3 is 2.29 bits per heavy atom. The first-order valence-electron chi connectivity index (χ1n) is 13.8. The second-order valence-electron chi connectivity index (χ2n) is 10.1. The molecule has 1 atom stereocenters. The zero-order valence-corrected chi connectivity index (χ0v) is 24.9. The number of rotatable bonds is 12. The Balaban J connectivity index is 1.70. The summed E-state index contributed by atoms with van der Waals surface area (Å²) in [7, 11) is -2.70. The topological polar surface area (TPSA) is 96.0 Å². The quantitative estimate of drug-likeness (QED) is 0.301. The number of hydrogen-bond donors (Lipinski definition) is 1. The zero-order valence-electron chi connectivity index (χ0n) is 23.3. The van der Waals surface area contributed by atoms with Crippen LogP contribution in [-0.4, -0.2) is 50.9 Å². The van der Waals surface area contributed by atoms with Crippen molar-refractivity contribution in [3.8, 4) is 5.75 Å². The molecule has 0 saturated heterocycles. The highest BCUT2D eigenvalue weighted by Crippen LogP contribution is 2.28. The summed E-state index contributed by atoms with van der Waals surface area (Å²) in [5.74, 6) is -0.224. The van der Waals surface area contributed by atoms with Crippen LogP contribution in [0, 0.1) is 0 Å². The summed E-state index contributed by atoms with van der Waals surface area (Å²) in [6.07, 6.45) is 4.33. The average Bonchev–Trinajstić information content (AvgIpc) is 3.49. The molecule has 1 N–H and O–H groups in total. The van der Waals surface area contributed by atoms with Crippen LogP contribution in [0.2, 0.25) is 5.02 Å². The fourth-order valence-corrected chi connectivity index (χ4v) is 6.69. The van der Waals surface area contributed by atoms with Crippen molar-refractivity contribution in [3.63, 3.8) is 0 Å². The number of carbonyl (C=O) groups is 2. The van der Waals surface area contributed by atoms with Gasteiger partial charge in [-0.05, 0) is 67.3 Å². The van der Waals surface area contributed by atoms with Crippen molar-refractivity contribution in [2.45, 2.75) is 62.6 Å². The van der Waals surface area contributed by atoms with Crippen molar-refractivity contribution >= 4 is 39.1 Å². The van der Waals surface area contributed by atoms with Gasteiger partial charge >= 0.3 is 0 Å². The molecule has 4 rings (SSSR count). The number of benzene rings is 3. The third-order valence-electron chi connectivity index (χ3n) is 7.31. The van der Waals surface area contributed by atoms with Gasteiger partial charge in [-0.3, -0.25) is 13.9 Å². The first-order chi connectivity index (χ1) is 19.7. The van der Waals surface area contributed by atoms with Gasteiger partial charge in [0.1, 0.15) is 18.3 Å². The molecule has 3 aromatic rings. The van der Waals surface area contributed by atoms with E-state index in [1.807, 2.05) is 37.3 Å². The van der Waals surface area contributed by atoms with Gasteiger partial charge in [0.15, 0.2) is 0 Å². The Kier molecular flexibility index (Phi) is 10.3. The summed E-state index contributed by atoms with van der Waals surface area (Å²) in [6, 6.07) is 21.0. The maximum absolute atomic E-state index is 14.1. The second-order valence-corrected chi connectivity index (χ2v) is 12.4. The summed E-state index contributed by atoms with van der Waals surface area (Å²) in [4.78, 5) is 29.1. The van der Waals surface area contributed by atoms with Crippen LogP contribution in [0.3, 0.4) is 0 Å². The molecule has 1 aliphatic rings. The highest BCUT2D eigenvalue weighted by Gasteiger charge is 2.34. The highest BCUT2D eigenvalue weighted by molar-refractivity contribution is 7.92. The fraction of sp³-hybridized carbons (Fsp3) is 0.355. The van der Waals surface area contributed by atoms with Crippen molar-refractivity contribution in [3.05, 3.63) is 89.4 Å². The van der Waals surface area contributed by atoms with E-state index in [9.17, 15) is 18.0 Å². The third kappa shape index (κ3) is 7.59. The van der Waals surface area contributed by atoms with Crippen LogP contribution in [0.4, 0.5) is 5.69 Å². The molecule has 0 aliphatic heterocycles. The van der Waals surface area contributed by atoms with E-state index in [2.05, 4.69) is 5.32 Å². The lowest BCUT2D eigenvalue weighted by Gasteiger charge is -2.33. The number of carbonyl (C=O) groups excluding carboxylic acids is 2. The van der Waals surface area contributed by atoms with E-state index in [-0.39, 0.29) is 29.1 Å². The zero-order chi connectivity index (χ0) is 29.4. The lowest BCUT2D eigenvalue weighted by Crippen LogP contribution is -2.53. The maximum atomic E-state index is 14.1. The Bertz CT molecular complexity index is 1430. The van der Waals surface area contributed by atoms with Crippen molar-refractivity contribution in [1.29, 1.82) is 0 Å². The van der Waals surface area contributed by atoms with Gasteiger partial charge in [-0.25, -0.2) is 8.42 Å². The number of halogens is 1. The number of hydrogen-bond acceptors (Lipinski definition) is 5. The van der Waals surface area contributed by atoms with E-state index >= 15 is 0 Å². The Morgan fingerprint density at radius 2 is 1.68 bits per heavy atom. The maximum Gasteiger partial charge on any atom is 0.264 e. The standard InChI is InChI=1S/C31H36ClN3O5S/c1-3-29(31(37)33-25-13-7-8-14-25)34(21-23-10-5-4-6-11-23)30(36)22-35(26-15-9-12-24(32)20-26)41(38,39)28-18-16-27(40-2)17-19-28/h4-6,9-12,15-20,25,29H,3,7-8,13-14,21-22H2,1-2H3,(H,33,37)/t29-/m0/s1. The molecule has 10 heteroatoms. The minimum absolute atomic E-state index is 0.00768. The van der Waals surface area contributed by atoms with Gasteiger partial charge in [-0.15, -0.1) is 0 Å². The summed E-state index contributed by atoms with van der Waals surface area (Å²) >= 11 is 6.24. The van der Waals surface area contributed by atoms with Crippen LogP contribution in [0.5, 0.6) is 5.75 Å². The first-order valence-corrected chi connectivity index (χ1v) is 15.6. The predicted molar refractivity (Wildman–Crippen MR) is 160 cm³/mol. The van der Waals surface area contributed by atoms with Crippen molar-refractivity contribution in [2.75, 3.05) is 18.0 Å². The van der Waals surface area contributed by atoms with Crippen molar-refractivity contribution in [2.24, 2.45) is 0 Å². The van der Waals surface area contributed by atoms with Gasteiger partial charge in [0.05, 0.1) is 17.7 Å². The summed E-state index contributed by atoms with van der Waals surface area (Å²) < 4.78 is 34.1. The van der Waals surface area contributed by atoms with E-state index in [4.69, 9.17) is 16.3 Å².